The highest BCUT2D eigenvalue weighted by molar-refractivity contribution is 9.10. The SMILES string of the molecule is O=C(NCCc1ncc[nH]1)c1cc(F)cc(Br)c1. The van der Waals surface area contributed by atoms with E-state index in [1.807, 2.05) is 0 Å². The number of carbonyl (C=O) groups is 1. The molecule has 0 aliphatic carbocycles. The number of aromatic nitrogens is 2. The standard InChI is InChI=1S/C12H11BrFN3O/c13-9-5-8(6-10(14)7-9)12(18)17-2-1-11-15-3-4-16-11/h3-7H,1-2H2,(H,15,16)(H,17,18). The first kappa shape index (κ1) is 12.8. The minimum atomic E-state index is -0.444. The minimum absolute atomic E-state index is 0.293. The first-order chi connectivity index (χ1) is 8.65. The predicted octanol–water partition coefficient (Wildman–Crippen LogP) is 2.28. The molecular formula is C12H11BrFN3O. The Balaban J connectivity index is 1.91. The fourth-order valence-electron chi connectivity index (χ4n) is 1.52. The number of carbonyl (C=O) groups excluding carboxylic acids is 1. The van der Waals surface area contributed by atoms with E-state index >= 15 is 0 Å². The molecular weight excluding hydrogens is 301 g/mol. The summed E-state index contributed by atoms with van der Waals surface area (Å²) < 4.78 is 13.6. The lowest BCUT2D eigenvalue weighted by atomic mass is 10.2. The number of aromatic amines is 1. The van der Waals surface area contributed by atoms with E-state index in [9.17, 15) is 9.18 Å². The van der Waals surface area contributed by atoms with Crippen LogP contribution < -0.4 is 5.32 Å². The second-order valence-electron chi connectivity index (χ2n) is 3.70. The van der Waals surface area contributed by atoms with E-state index in [-0.39, 0.29) is 5.91 Å². The lowest BCUT2D eigenvalue weighted by Crippen LogP contribution is -2.26. The van der Waals surface area contributed by atoms with Gasteiger partial charge in [-0.1, -0.05) is 15.9 Å². The van der Waals surface area contributed by atoms with E-state index < -0.39 is 5.82 Å². The van der Waals surface area contributed by atoms with Crippen molar-refractivity contribution in [2.45, 2.75) is 6.42 Å². The molecule has 1 aromatic carbocycles. The molecule has 1 aromatic heterocycles. The molecule has 0 aliphatic rings. The third kappa shape index (κ3) is 3.40. The number of rotatable bonds is 4. The first-order valence-corrected chi connectivity index (χ1v) is 6.17. The fourth-order valence-corrected chi connectivity index (χ4v) is 1.98. The van der Waals surface area contributed by atoms with Crippen molar-refractivity contribution in [3.05, 3.63) is 52.3 Å². The Labute approximate surface area is 112 Å². The van der Waals surface area contributed by atoms with Gasteiger partial charge in [-0.15, -0.1) is 0 Å². The van der Waals surface area contributed by atoms with Crippen LogP contribution in [-0.2, 0) is 6.42 Å². The van der Waals surface area contributed by atoms with Gasteiger partial charge in [-0.3, -0.25) is 4.79 Å². The molecule has 2 N–H and O–H groups in total. The number of hydrogen-bond donors (Lipinski definition) is 2. The van der Waals surface area contributed by atoms with Crippen LogP contribution in [0.3, 0.4) is 0 Å². The predicted molar refractivity (Wildman–Crippen MR) is 68.7 cm³/mol. The molecule has 1 heterocycles. The summed E-state index contributed by atoms with van der Waals surface area (Å²) in [6.45, 7) is 0.445. The summed E-state index contributed by atoms with van der Waals surface area (Å²) in [6.07, 6.45) is 3.98. The summed E-state index contributed by atoms with van der Waals surface area (Å²) >= 11 is 3.15. The molecule has 4 nitrogen and oxygen atoms in total. The molecule has 6 heteroatoms. The van der Waals surface area contributed by atoms with Gasteiger partial charge in [-0.25, -0.2) is 9.37 Å². The number of nitrogens with zero attached hydrogens (tertiary/aromatic N) is 1. The number of amides is 1. The quantitative estimate of drug-likeness (QED) is 0.910. The van der Waals surface area contributed by atoms with Gasteiger partial charge in [-0.2, -0.15) is 0 Å². The zero-order chi connectivity index (χ0) is 13.0. The molecule has 0 saturated heterocycles. The maximum absolute atomic E-state index is 13.1. The van der Waals surface area contributed by atoms with Crippen LogP contribution in [0.1, 0.15) is 16.2 Å². The van der Waals surface area contributed by atoms with Crippen molar-refractivity contribution in [2.24, 2.45) is 0 Å². The average Bonchev–Trinajstić information content (AvgIpc) is 2.80. The summed E-state index contributed by atoms with van der Waals surface area (Å²) in [5, 5.41) is 2.71. The molecule has 1 amide bonds. The van der Waals surface area contributed by atoms with E-state index in [1.165, 1.54) is 12.1 Å². The van der Waals surface area contributed by atoms with Gasteiger partial charge in [0.1, 0.15) is 11.6 Å². The van der Waals surface area contributed by atoms with Crippen molar-refractivity contribution in [1.29, 1.82) is 0 Å². The van der Waals surface area contributed by atoms with Crippen LogP contribution in [0, 0.1) is 5.82 Å². The average molecular weight is 312 g/mol. The van der Waals surface area contributed by atoms with Crippen molar-refractivity contribution >= 4 is 21.8 Å². The Morgan fingerprint density at radius 3 is 2.94 bits per heavy atom. The second kappa shape index (κ2) is 5.77. The lowest BCUT2D eigenvalue weighted by molar-refractivity contribution is 0.0953. The van der Waals surface area contributed by atoms with Crippen LogP contribution in [0.2, 0.25) is 0 Å². The van der Waals surface area contributed by atoms with E-state index in [2.05, 4.69) is 31.2 Å². The molecule has 94 valence electrons. The van der Waals surface area contributed by atoms with Crippen molar-refractivity contribution in [1.82, 2.24) is 15.3 Å². The minimum Gasteiger partial charge on any atom is -0.352 e. The number of benzene rings is 1. The smallest absolute Gasteiger partial charge is 0.251 e. The van der Waals surface area contributed by atoms with Gasteiger partial charge in [0.15, 0.2) is 0 Å². The zero-order valence-corrected chi connectivity index (χ0v) is 11.0. The third-order valence-corrected chi connectivity index (χ3v) is 2.78. The van der Waals surface area contributed by atoms with Crippen LogP contribution in [0.15, 0.2) is 35.1 Å². The summed E-state index contributed by atoms with van der Waals surface area (Å²) in [7, 11) is 0. The molecule has 0 unspecified atom stereocenters. The van der Waals surface area contributed by atoms with Crippen molar-refractivity contribution in [2.75, 3.05) is 6.54 Å². The molecule has 0 fully saturated rings. The maximum atomic E-state index is 13.1. The highest BCUT2D eigenvalue weighted by Crippen LogP contribution is 2.14. The Morgan fingerprint density at radius 2 is 2.28 bits per heavy atom. The topological polar surface area (TPSA) is 57.8 Å². The number of hydrogen-bond acceptors (Lipinski definition) is 2. The third-order valence-electron chi connectivity index (χ3n) is 2.33. The van der Waals surface area contributed by atoms with Gasteiger partial charge in [0.05, 0.1) is 0 Å². The summed E-state index contributed by atoms with van der Waals surface area (Å²) in [6, 6.07) is 4.08. The molecule has 0 atom stereocenters. The Kier molecular flexibility index (Phi) is 4.09. The molecule has 0 aliphatic heterocycles. The number of halogens is 2. The Bertz CT molecular complexity index is 522. The van der Waals surface area contributed by atoms with E-state index in [0.717, 1.165) is 5.82 Å². The largest absolute Gasteiger partial charge is 0.352 e. The van der Waals surface area contributed by atoms with Crippen molar-refractivity contribution in [3.8, 4) is 0 Å². The normalized spacial score (nSPS) is 10.3. The molecule has 18 heavy (non-hydrogen) atoms. The molecule has 0 saturated carbocycles. The van der Waals surface area contributed by atoms with E-state index in [4.69, 9.17) is 0 Å². The van der Waals surface area contributed by atoms with Crippen molar-refractivity contribution in [3.63, 3.8) is 0 Å². The first-order valence-electron chi connectivity index (χ1n) is 5.38. The highest BCUT2D eigenvalue weighted by Gasteiger charge is 2.07. The van der Waals surface area contributed by atoms with Gasteiger partial charge in [-0.05, 0) is 18.2 Å². The second-order valence-corrected chi connectivity index (χ2v) is 4.62. The van der Waals surface area contributed by atoms with Crippen LogP contribution in [0.4, 0.5) is 4.39 Å². The number of nitrogens with one attached hydrogen (secondary N) is 2. The summed E-state index contributed by atoms with van der Waals surface area (Å²) in [5.74, 6) is 0.0537. The monoisotopic (exact) mass is 311 g/mol. The van der Waals surface area contributed by atoms with Gasteiger partial charge >= 0.3 is 0 Å². The molecule has 0 bridgehead atoms. The van der Waals surface area contributed by atoms with Crippen LogP contribution in [0.5, 0.6) is 0 Å². The van der Waals surface area contributed by atoms with Crippen LogP contribution >= 0.6 is 15.9 Å². The summed E-state index contributed by atoms with van der Waals surface area (Å²) in [5.41, 5.74) is 0.293. The zero-order valence-electron chi connectivity index (χ0n) is 9.41. The molecule has 0 radical (unpaired) electrons. The molecule has 0 spiro atoms. The Morgan fingerprint density at radius 1 is 1.44 bits per heavy atom. The highest BCUT2D eigenvalue weighted by atomic mass is 79.9. The van der Waals surface area contributed by atoms with Crippen molar-refractivity contribution < 1.29 is 9.18 Å². The van der Waals surface area contributed by atoms with Gasteiger partial charge in [0.25, 0.3) is 5.91 Å². The van der Waals surface area contributed by atoms with Gasteiger partial charge in [0.2, 0.25) is 0 Å². The maximum Gasteiger partial charge on any atom is 0.251 e. The fraction of sp³-hybridized carbons (Fsp3) is 0.167. The van der Waals surface area contributed by atoms with Crippen LogP contribution in [0.25, 0.3) is 0 Å². The van der Waals surface area contributed by atoms with E-state index in [1.54, 1.807) is 18.5 Å². The van der Waals surface area contributed by atoms with E-state index in [0.29, 0.717) is 23.0 Å². The van der Waals surface area contributed by atoms with Gasteiger partial charge < -0.3 is 10.3 Å². The lowest BCUT2D eigenvalue weighted by Gasteiger charge is -2.05. The molecule has 2 aromatic rings. The van der Waals surface area contributed by atoms with Gasteiger partial charge in [0, 0.05) is 35.4 Å². The Hall–Kier alpha value is -1.69. The van der Waals surface area contributed by atoms with Crippen LogP contribution in [-0.4, -0.2) is 22.4 Å². The number of imidazole rings is 1. The molecule has 2 rings (SSSR count). The summed E-state index contributed by atoms with van der Waals surface area (Å²) in [4.78, 5) is 18.7. The number of H-pyrrole nitrogens is 1.